The molecule has 0 saturated carbocycles. The molecule has 0 saturated heterocycles. The number of benzene rings is 1. The van der Waals surface area contributed by atoms with Crippen molar-refractivity contribution in [1.82, 2.24) is 4.57 Å². The molecule has 0 spiro atoms. The van der Waals surface area contributed by atoms with Crippen molar-refractivity contribution in [3.8, 4) is 0 Å². The number of aliphatic carboxylic acids is 1. The lowest BCUT2D eigenvalue weighted by Crippen LogP contribution is -2.16. The van der Waals surface area contributed by atoms with Crippen molar-refractivity contribution in [2.75, 3.05) is 11.1 Å². The summed E-state index contributed by atoms with van der Waals surface area (Å²) in [6.07, 6.45) is 0. The highest BCUT2D eigenvalue weighted by atomic mass is 32.2. The topological polar surface area (TPSA) is 71.3 Å². The molecule has 5 nitrogen and oxygen atoms in total. The predicted octanol–water partition coefficient (Wildman–Crippen LogP) is 2.90. The van der Waals surface area contributed by atoms with Gasteiger partial charge in [0, 0.05) is 24.2 Å². The molecule has 0 aliphatic rings. The molecule has 1 amide bonds. The summed E-state index contributed by atoms with van der Waals surface area (Å²) in [6.45, 7) is 1.94. The lowest BCUT2D eigenvalue weighted by atomic mass is 10.2. The van der Waals surface area contributed by atoms with Gasteiger partial charge in [0.25, 0.3) is 5.91 Å². The van der Waals surface area contributed by atoms with Gasteiger partial charge in [0.1, 0.15) is 5.69 Å². The van der Waals surface area contributed by atoms with E-state index in [4.69, 9.17) is 5.11 Å². The third-order valence-electron chi connectivity index (χ3n) is 3.28. The second kappa shape index (κ2) is 7.17. The molecular formula is C16H18N2O3S. The Bertz CT molecular complexity index is 694. The van der Waals surface area contributed by atoms with E-state index in [0.29, 0.717) is 17.1 Å². The molecule has 0 fully saturated rings. The van der Waals surface area contributed by atoms with E-state index in [0.717, 1.165) is 11.3 Å². The monoisotopic (exact) mass is 318 g/mol. The van der Waals surface area contributed by atoms with Crippen LogP contribution >= 0.6 is 11.8 Å². The molecular weight excluding hydrogens is 300 g/mol. The number of nitrogens with zero attached hydrogens (tertiary/aromatic N) is 1. The van der Waals surface area contributed by atoms with Crippen LogP contribution in [-0.4, -0.2) is 27.3 Å². The molecule has 1 aromatic heterocycles. The molecule has 0 bridgehead atoms. The molecule has 116 valence electrons. The molecule has 2 N–H and O–H groups in total. The average molecular weight is 318 g/mol. The molecule has 6 heteroatoms. The van der Waals surface area contributed by atoms with Gasteiger partial charge in [-0.2, -0.15) is 0 Å². The molecule has 0 aliphatic carbocycles. The van der Waals surface area contributed by atoms with Gasteiger partial charge in [-0.15, -0.1) is 11.8 Å². The van der Waals surface area contributed by atoms with E-state index in [1.54, 1.807) is 6.07 Å². The number of amides is 1. The van der Waals surface area contributed by atoms with Crippen LogP contribution in [0.1, 0.15) is 21.7 Å². The Labute approximate surface area is 133 Å². The van der Waals surface area contributed by atoms with Crippen LogP contribution in [0.2, 0.25) is 0 Å². The molecule has 0 aliphatic heterocycles. The van der Waals surface area contributed by atoms with Crippen LogP contribution in [0.5, 0.6) is 0 Å². The molecule has 0 radical (unpaired) electrons. The van der Waals surface area contributed by atoms with Crippen molar-refractivity contribution in [3.05, 3.63) is 53.3 Å². The van der Waals surface area contributed by atoms with Gasteiger partial charge in [0.2, 0.25) is 0 Å². The van der Waals surface area contributed by atoms with Gasteiger partial charge in [-0.3, -0.25) is 9.59 Å². The second-order valence-electron chi connectivity index (χ2n) is 4.96. The number of hydrogen-bond donors (Lipinski definition) is 2. The number of aryl methyl sites for hydroxylation is 1. The van der Waals surface area contributed by atoms with Crippen molar-refractivity contribution >= 4 is 29.3 Å². The maximum absolute atomic E-state index is 12.2. The van der Waals surface area contributed by atoms with E-state index in [1.807, 2.05) is 48.9 Å². The highest BCUT2D eigenvalue weighted by molar-refractivity contribution is 7.99. The summed E-state index contributed by atoms with van der Waals surface area (Å²) in [7, 11) is 1.85. The van der Waals surface area contributed by atoms with E-state index >= 15 is 0 Å². The first kappa shape index (κ1) is 16.2. The van der Waals surface area contributed by atoms with Gasteiger partial charge in [-0.05, 0) is 36.8 Å². The van der Waals surface area contributed by atoms with Crippen molar-refractivity contribution in [3.63, 3.8) is 0 Å². The standard InChI is InChI=1S/C16H18N2O3S/c1-11-6-7-14(18(11)2)16(21)17-13-5-3-4-12(8-13)9-22-10-15(19)20/h3-8H,9-10H2,1-2H3,(H,17,21)(H,19,20). The molecule has 2 aromatic rings. The molecule has 1 heterocycles. The van der Waals surface area contributed by atoms with E-state index in [1.165, 1.54) is 11.8 Å². The predicted molar refractivity (Wildman–Crippen MR) is 88.3 cm³/mol. The number of carbonyl (C=O) groups is 2. The Morgan fingerprint density at radius 2 is 2.05 bits per heavy atom. The molecule has 2 rings (SSSR count). The van der Waals surface area contributed by atoms with Gasteiger partial charge in [0.05, 0.1) is 5.75 Å². The maximum atomic E-state index is 12.2. The van der Waals surface area contributed by atoms with Crippen LogP contribution in [0.25, 0.3) is 0 Å². The average Bonchev–Trinajstić information content (AvgIpc) is 2.79. The van der Waals surface area contributed by atoms with Crippen LogP contribution in [-0.2, 0) is 17.6 Å². The smallest absolute Gasteiger partial charge is 0.313 e. The second-order valence-corrected chi connectivity index (χ2v) is 5.95. The Morgan fingerprint density at radius 3 is 2.68 bits per heavy atom. The fourth-order valence-corrected chi connectivity index (χ4v) is 2.72. The Kier molecular flexibility index (Phi) is 5.27. The number of nitrogens with one attached hydrogen (secondary N) is 1. The van der Waals surface area contributed by atoms with Crippen LogP contribution in [0.4, 0.5) is 5.69 Å². The van der Waals surface area contributed by atoms with Crippen molar-refractivity contribution in [1.29, 1.82) is 0 Å². The summed E-state index contributed by atoms with van der Waals surface area (Å²) in [5, 5.41) is 11.5. The van der Waals surface area contributed by atoms with Crippen molar-refractivity contribution < 1.29 is 14.7 Å². The molecule has 0 atom stereocenters. The lowest BCUT2D eigenvalue weighted by Gasteiger charge is -2.08. The summed E-state index contributed by atoms with van der Waals surface area (Å²) in [6, 6.07) is 11.1. The summed E-state index contributed by atoms with van der Waals surface area (Å²) in [5.74, 6) is -0.321. The van der Waals surface area contributed by atoms with Gasteiger partial charge in [-0.1, -0.05) is 12.1 Å². The fraction of sp³-hybridized carbons (Fsp3) is 0.250. The van der Waals surface area contributed by atoms with Crippen molar-refractivity contribution in [2.24, 2.45) is 7.05 Å². The highest BCUT2D eigenvalue weighted by Gasteiger charge is 2.11. The molecule has 22 heavy (non-hydrogen) atoms. The van der Waals surface area contributed by atoms with Gasteiger partial charge >= 0.3 is 5.97 Å². The number of carboxylic acids is 1. The number of hydrogen-bond acceptors (Lipinski definition) is 3. The number of anilines is 1. The summed E-state index contributed by atoms with van der Waals surface area (Å²) in [4.78, 5) is 22.8. The summed E-state index contributed by atoms with van der Waals surface area (Å²) >= 11 is 1.33. The minimum absolute atomic E-state index is 0.0687. The zero-order valence-electron chi connectivity index (χ0n) is 12.5. The molecule has 0 unspecified atom stereocenters. The lowest BCUT2D eigenvalue weighted by molar-refractivity contribution is -0.133. The Morgan fingerprint density at radius 1 is 1.27 bits per heavy atom. The van der Waals surface area contributed by atoms with Crippen LogP contribution in [0, 0.1) is 6.92 Å². The van der Waals surface area contributed by atoms with Crippen LogP contribution in [0.15, 0.2) is 36.4 Å². The SMILES string of the molecule is Cc1ccc(C(=O)Nc2cccc(CSCC(=O)O)c2)n1C. The Hall–Kier alpha value is -2.21. The summed E-state index contributed by atoms with van der Waals surface area (Å²) in [5.41, 5.74) is 3.30. The summed E-state index contributed by atoms with van der Waals surface area (Å²) < 4.78 is 1.84. The minimum Gasteiger partial charge on any atom is -0.481 e. The number of carbonyl (C=O) groups excluding carboxylic acids is 1. The third-order valence-corrected chi connectivity index (χ3v) is 4.27. The highest BCUT2D eigenvalue weighted by Crippen LogP contribution is 2.17. The largest absolute Gasteiger partial charge is 0.481 e. The van der Waals surface area contributed by atoms with E-state index in [2.05, 4.69) is 5.32 Å². The van der Waals surface area contributed by atoms with E-state index in [-0.39, 0.29) is 11.7 Å². The number of rotatable bonds is 6. The van der Waals surface area contributed by atoms with E-state index in [9.17, 15) is 9.59 Å². The third kappa shape index (κ3) is 4.14. The quantitative estimate of drug-likeness (QED) is 0.859. The van der Waals surface area contributed by atoms with Gasteiger partial charge in [0.15, 0.2) is 0 Å². The Balaban J connectivity index is 2.02. The zero-order valence-corrected chi connectivity index (χ0v) is 13.3. The minimum atomic E-state index is -0.825. The van der Waals surface area contributed by atoms with Crippen LogP contribution in [0.3, 0.4) is 0 Å². The first-order valence-corrected chi connectivity index (χ1v) is 7.95. The zero-order chi connectivity index (χ0) is 16.1. The van der Waals surface area contributed by atoms with Gasteiger partial charge in [-0.25, -0.2) is 0 Å². The van der Waals surface area contributed by atoms with E-state index < -0.39 is 5.97 Å². The number of carboxylic acid groups (broad SMARTS) is 1. The first-order valence-electron chi connectivity index (χ1n) is 6.79. The number of aromatic nitrogens is 1. The fourth-order valence-electron chi connectivity index (χ4n) is 2.03. The molecule has 1 aromatic carbocycles. The van der Waals surface area contributed by atoms with Crippen LogP contribution < -0.4 is 5.32 Å². The normalized spacial score (nSPS) is 10.5. The first-order chi connectivity index (χ1) is 10.5. The maximum Gasteiger partial charge on any atom is 0.313 e. The van der Waals surface area contributed by atoms with Gasteiger partial charge < -0.3 is 15.0 Å². The van der Waals surface area contributed by atoms with Crippen molar-refractivity contribution in [2.45, 2.75) is 12.7 Å². The number of thioether (sulfide) groups is 1.